The number of halogens is 2. The van der Waals surface area contributed by atoms with Gasteiger partial charge in [-0.15, -0.1) is 0 Å². The van der Waals surface area contributed by atoms with Crippen LogP contribution in [0.4, 0.5) is 11.5 Å². The summed E-state index contributed by atoms with van der Waals surface area (Å²) in [5, 5.41) is 4.11. The van der Waals surface area contributed by atoms with Crippen LogP contribution in [0, 0.1) is 0 Å². The van der Waals surface area contributed by atoms with Crippen LogP contribution in [0.15, 0.2) is 36.5 Å². The molecule has 0 aliphatic carbocycles. The summed E-state index contributed by atoms with van der Waals surface area (Å²) in [5.41, 5.74) is 1.19. The van der Waals surface area contributed by atoms with Crippen molar-refractivity contribution in [2.24, 2.45) is 0 Å². The number of amides is 2. The van der Waals surface area contributed by atoms with E-state index in [2.05, 4.69) is 10.3 Å². The largest absolute Gasteiger partial charge is 0.339 e. The number of nitrogens with zero attached hydrogens (tertiary/aromatic N) is 3. The van der Waals surface area contributed by atoms with Crippen LogP contribution in [-0.2, 0) is 4.79 Å². The van der Waals surface area contributed by atoms with E-state index < -0.39 is 0 Å². The van der Waals surface area contributed by atoms with Crippen LogP contribution in [0.25, 0.3) is 0 Å². The first-order valence-electron chi connectivity index (χ1n) is 8.17. The Morgan fingerprint density at radius 2 is 1.73 bits per heavy atom. The van der Waals surface area contributed by atoms with Crippen molar-refractivity contribution in [2.75, 3.05) is 31.5 Å². The van der Waals surface area contributed by atoms with E-state index in [4.69, 9.17) is 23.2 Å². The van der Waals surface area contributed by atoms with Crippen LogP contribution < -0.4 is 5.32 Å². The van der Waals surface area contributed by atoms with E-state index >= 15 is 0 Å². The standard InChI is InChI=1S/C18H18Cl2N4O2/c1-12(25)23-6-8-24(9-7-23)18(26)13-4-5-21-17(10-13)22-16-3-2-14(19)11-15(16)20/h2-5,10-11H,6-9H2,1H3,(H,21,22). The molecular weight excluding hydrogens is 375 g/mol. The third-order valence-corrected chi connectivity index (χ3v) is 4.76. The molecule has 0 spiro atoms. The first-order chi connectivity index (χ1) is 12.4. The highest BCUT2D eigenvalue weighted by Gasteiger charge is 2.23. The summed E-state index contributed by atoms with van der Waals surface area (Å²) in [6, 6.07) is 8.47. The molecule has 0 radical (unpaired) electrons. The lowest BCUT2D eigenvalue weighted by atomic mass is 10.2. The molecule has 0 bridgehead atoms. The Balaban J connectivity index is 1.71. The second-order valence-corrected chi connectivity index (χ2v) is 6.82. The topological polar surface area (TPSA) is 65.5 Å². The number of hydrogen-bond donors (Lipinski definition) is 1. The average molecular weight is 393 g/mol. The summed E-state index contributed by atoms with van der Waals surface area (Å²) in [5.74, 6) is 0.468. The van der Waals surface area contributed by atoms with Crippen LogP contribution in [-0.4, -0.2) is 52.8 Å². The predicted octanol–water partition coefficient (Wildman–Crippen LogP) is 3.44. The number of aromatic nitrogens is 1. The molecule has 1 aromatic heterocycles. The van der Waals surface area contributed by atoms with Crippen molar-refractivity contribution < 1.29 is 9.59 Å². The van der Waals surface area contributed by atoms with Crippen molar-refractivity contribution in [1.82, 2.24) is 14.8 Å². The molecule has 0 atom stereocenters. The van der Waals surface area contributed by atoms with Crippen molar-refractivity contribution in [3.63, 3.8) is 0 Å². The normalized spacial score (nSPS) is 14.3. The SMILES string of the molecule is CC(=O)N1CCN(C(=O)c2ccnc(Nc3ccc(Cl)cc3Cl)c2)CC1. The van der Waals surface area contributed by atoms with Gasteiger partial charge < -0.3 is 15.1 Å². The third-order valence-electron chi connectivity index (χ3n) is 4.21. The maximum absolute atomic E-state index is 12.7. The highest BCUT2D eigenvalue weighted by Crippen LogP contribution is 2.28. The Bertz CT molecular complexity index is 836. The molecule has 2 amide bonds. The Morgan fingerprint density at radius 3 is 2.38 bits per heavy atom. The van der Waals surface area contributed by atoms with Gasteiger partial charge in [0, 0.05) is 49.9 Å². The fourth-order valence-electron chi connectivity index (χ4n) is 2.77. The highest BCUT2D eigenvalue weighted by molar-refractivity contribution is 6.36. The molecule has 2 aromatic rings. The van der Waals surface area contributed by atoms with Gasteiger partial charge in [0.05, 0.1) is 10.7 Å². The minimum atomic E-state index is -0.0825. The molecule has 8 heteroatoms. The Morgan fingerprint density at radius 1 is 1.04 bits per heavy atom. The first-order valence-corrected chi connectivity index (χ1v) is 8.92. The molecule has 1 saturated heterocycles. The fourth-order valence-corrected chi connectivity index (χ4v) is 3.22. The Labute approximate surface area is 161 Å². The Kier molecular flexibility index (Phi) is 5.64. The molecule has 2 heterocycles. The summed E-state index contributed by atoms with van der Waals surface area (Å²) in [7, 11) is 0. The molecule has 1 N–H and O–H groups in total. The monoisotopic (exact) mass is 392 g/mol. The number of carbonyl (C=O) groups excluding carboxylic acids is 2. The maximum atomic E-state index is 12.7. The quantitative estimate of drug-likeness (QED) is 0.868. The molecule has 1 aliphatic rings. The van der Waals surface area contributed by atoms with E-state index in [9.17, 15) is 9.59 Å². The van der Waals surface area contributed by atoms with Crippen molar-refractivity contribution in [3.8, 4) is 0 Å². The van der Waals surface area contributed by atoms with Crippen LogP contribution in [0.5, 0.6) is 0 Å². The van der Waals surface area contributed by atoms with Gasteiger partial charge in [0.25, 0.3) is 5.91 Å². The van der Waals surface area contributed by atoms with Gasteiger partial charge in [-0.3, -0.25) is 9.59 Å². The zero-order chi connectivity index (χ0) is 18.7. The van der Waals surface area contributed by atoms with Gasteiger partial charge in [-0.05, 0) is 30.3 Å². The summed E-state index contributed by atoms with van der Waals surface area (Å²) >= 11 is 12.1. The fraction of sp³-hybridized carbons (Fsp3) is 0.278. The average Bonchev–Trinajstić information content (AvgIpc) is 2.64. The molecule has 1 aromatic carbocycles. The van der Waals surface area contributed by atoms with Gasteiger partial charge in [0.15, 0.2) is 0 Å². The first kappa shape index (κ1) is 18.5. The van der Waals surface area contributed by atoms with E-state index in [1.165, 1.54) is 0 Å². The van der Waals surface area contributed by atoms with E-state index in [0.717, 1.165) is 0 Å². The smallest absolute Gasteiger partial charge is 0.254 e. The van der Waals surface area contributed by atoms with Crippen LogP contribution >= 0.6 is 23.2 Å². The van der Waals surface area contributed by atoms with Gasteiger partial charge in [0.2, 0.25) is 5.91 Å². The second kappa shape index (κ2) is 7.93. The summed E-state index contributed by atoms with van der Waals surface area (Å²) in [4.78, 5) is 31.8. The number of rotatable bonds is 3. The zero-order valence-electron chi connectivity index (χ0n) is 14.2. The van der Waals surface area contributed by atoms with Crippen LogP contribution in [0.2, 0.25) is 10.0 Å². The van der Waals surface area contributed by atoms with E-state index in [0.29, 0.717) is 53.3 Å². The number of nitrogens with one attached hydrogen (secondary N) is 1. The molecule has 26 heavy (non-hydrogen) atoms. The molecule has 6 nitrogen and oxygen atoms in total. The lowest BCUT2D eigenvalue weighted by Crippen LogP contribution is -2.50. The number of benzene rings is 1. The molecule has 1 aliphatic heterocycles. The summed E-state index contributed by atoms with van der Waals surface area (Å²) in [6.07, 6.45) is 1.57. The molecule has 1 fully saturated rings. The van der Waals surface area contributed by atoms with Crippen molar-refractivity contribution in [3.05, 3.63) is 52.1 Å². The van der Waals surface area contributed by atoms with E-state index in [1.807, 2.05) is 0 Å². The minimum absolute atomic E-state index is 0.0346. The van der Waals surface area contributed by atoms with Crippen molar-refractivity contribution in [2.45, 2.75) is 6.92 Å². The molecule has 136 valence electrons. The minimum Gasteiger partial charge on any atom is -0.339 e. The lowest BCUT2D eigenvalue weighted by Gasteiger charge is -2.34. The number of carbonyl (C=O) groups is 2. The van der Waals surface area contributed by atoms with Gasteiger partial charge >= 0.3 is 0 Å². The number of pyridine rings is 1. The lowest BCUT2D eigenvalue weighted by molar-refractivity contribution is -0.130. The predicted molar refractivity (Wildman–Crippen MR) is 102 cm³/mol. The Hall–Kier alpha value is -2.31. The van der Waals surface area contributed by atoms with Gasteiger partial charge in [0.1, 0.15) is 5.82 Å². The molecule has 0 unspecified atom stereocenters. The number of piperazine rings is 1. The molecular formula is C18H18Cl2N4O2. The number of hydrogen-bond acceptors (Lipinski definition) is 4. The number of anilines is 2. The molecule has 3 rings (SSSR count). The highest BCUT2D eigenvalue weighted by atomic mass is 35.5. The van der Waals surface area contributed by atoms with Gasteiger partial charge in [-0.1, -0.05) is 23.2 Å². The van der Waals surface area contributed by atoms with Gasteiger partial charge in [-0.2, -0.15) is 0 Å². The molecule has 0 saturated carbocycles. The van der Waals surface area contributed by atoms with Crippen molar-refractivity contribution >= 4 is 46.5 Å². The maximum Gasteiger partial charge on any atom is 0.254 e. The van der Waals surface area contributed by atoms with Crippen LogP contribution in [0.3, 0.4) is 0 Å². The third kappa shape index (κ3) is 4.26. The van der Waals surface area contributed by atoms with Crippen LogP contribution in [0.1, 0.15) is 17.3 Å². The zero-order valence-corrected chi connectivity index (χ0v) is 15.7. The second-order valence-electron chi connectivity index (χ2n) is 5.98. The van der Waals surface area contributed by atoms with E-state index in [-0.39, 0.29) is 11.8 Å². The van der Waals surface area contributed by atoms with E-state index in [1.54, 1.807) is 53.3 Å². The van der Waals surface area contributed by atoms with Gasteiger partial charge in [-0.25, -0.2) is 4.98 Å². The van der Waals surface area contributed by atoms with Crippen molar-refractivity contribution in [1.29, 1.82) is 0 Å². The summed E-state index contributed by atoms with van der Waals surface area (Å²) < 4.78 is 0. The summed E-state index contributed by atoms with van der Waals surface area (Å²) in [6.45, 7) is 3.69.